The molecule has 108 valence electrons. The molecule has 0 aromatic heterocycles. The van der Waals surface area contributed by atoms with Gasteiger partial charge in [-0.3, -0.25) is 0 Å². The van der Waals surface area contributed by atoms with E-state index in [-0.39, 0.29) is 17.5 Å². The third kappa shape index (κ3) is 5.18. The quantitative estimate of drug-likeness (QED) is 0.792. The summed E-state index contributed by atoms with van der Waals surface area (Å²) >= 11 is 0. The van der Waals surface area contributed by atoms with Crippen LogP contribution in [0.15, 0.2) is 29.2 Å². The highest BCUT2D eigenvalue weighted by atomic mass is 32.2. The Hall–Kier alpha value is -1.11. The van der Waals surface area contributed by atoms with Crippen LogP contribution in [0.25, 0.3) is 0 Å². The second-order valence-corrected chi connectivity index (χ2v) is 6.65. The monoisotopic (exact) mass is 286 g/mol. The summed E-state index contributed by atoms with van der Waals surface area (Å²) in [4.78, 5) is 0.213. The van der Waals surface area contributed by atoms with Gasteiger partial charge < -0.3 is 10.5 Å². The topological polar surface area (TPSA) is 81.4 Å². The first-order valence-electron chi connectivity index (χ1n) is 6.30. The Balaban J connectivity index is 2.75. The Morgan fingerprint density at radius 2 is 1.79 bits per heavy atom. The van der Waals surface area contributed by atoms with Crippen molar-refractivity contribution in [3.05, 3.63) is 24.3 Å². The van der Waals surface area contributed by atoms with Crippen LogP contribution in [0.4, 0.5) is 0 Å². The van der Waals surface area contributed by atoms with Gasteiger partial charge in [0.05, 0.1) is 11.5 Å². The van der Waals surface area contributed by atoms with Crippen molar-refractivity contribution < 1.29 is 13.2 Å². The number of ether oxygens (including phenoxy) is 1. The fourth-order valence-electron chi connectivity index (χ4n) is 1.36. The van der Waals surface area contributed by atoms with Gasteiger partial charge in [0.25, 0.3) is 0 Å². The number of sulfonamides is 1. The molecule has 0 spiro atoms. The van der Waals surface area contributed by atoms with Crippen molar-refractivity contribution in [1.29, 1.82) is 0 Å². The van der Waals surface area contributed by atoms with Crippen molar-refractivity contribution >= 4 is 10.0 Å². The molecule has 0 aliphatic carbocycles. The van der Waals surface area contributed by atoms with E-state index in [1.54, 1.807) is 19.1 Å². The van der Waals surface area contributed by atoms with E-state index in [1.807, 2.05) is 0 Å². The zero-order chi connectivity index (χ0) is 14.5. The summed E-state index contributed by atoms with van der Waals surface area (Å²) in [5.74, 6) is 1.09. The molecule has 6 heteroatoms. The molecule has 0 aliphatic rings. The van der Waals surface area contributed by atoms with Crippen molar-refractivity contribution in [3.63, 3.8) is 0 Å². The number of rotatable bonds is 7. The van der Waals surface area contributed by atoms with Gasteiger partial charge in [-0.2, -0.15) is 0 Å². The number of benzene rings is 1. The van der Waals surface area contributed by atoms with Gasteiger partial charge in [-0.1, -0.05) is 13.8 Å². The highest BCUT2D eigenvalue weighted by Gasteiger charge is 2.16. The van der Waals surface area contributed by atoms with Crippen LogP contribution in [0.3, 0.4) is 0 Å². The van der Waals surface area contributed by atoms with Gasteiger partial charge in [0.2, 0.25) is 10.0 Å². The average Bonchev–Trinajstić information content (AvgIpc) is 2.36. The summed E-state index contributed by atoms with van der Waals surface area (Å²) in [6.07, 6.45) is 0. The molecule has 5 nitrogen and oxygen atoms in total. The summed E-state index contributed by atoms with van der Waals surface area (Å²) in [6.45, 7) is 6.69. The lowest BCUT2D eigenvalue weighted by Crippen LogP contribution is -2.37. The van der Waals surface area contributed by atoms with Crippen LogP contribution in [0.2, 0.25) is 0 Å². The first-order chi connectivity index (χ1) is 8.85. The fraction of sp³-hybridized carbons (Fsp3) is 0.538. The zero-order valence-corrected chi connectivity index (χ0v) is 12.4. The third-order valence-electron chi connectivity index (χ3n) is 2.43. The molecule has 1 aromatic carbocycles. The van der Waals surface area contributed by atoms with E-state index in [9.17, 15) is 8.42 Å². The van der Waals surface area contributed by atoms with E-state index in [4.69, 9.17) is 10.5 Å². The van der Waals surface area contributed by atoms with Gasteiger partial charge in [0, 0.05) is 12.6 Å². The maximum Gasteiger partial charge on any atom is 0.240 e. The molecule has 0 heterocycles. The standard InChI is InChI=1S/C13H22N2O3S/c1-10(2)9-18-12-4-6-13(7-5-12)19(16,17)15-11(3)8-14/h4-7,10-11,15H,8-9,14H2,1-3H3/t11-/m1/s1. The summed E-state index contributed by atoms with van der Waals surface area (Å²) in [7, 11) is -3.51. The average molecular weight is 286 g/mol. The van der Waals surface area contributed by atoms with E-state index in [2.05, 4.69) is 18.6 Å². The maximum atomic E-state index is 12.0. The molecular weight excluding hydrogens is 264 g/mol. The molecule has 1 rings (SSSR count). The lowest BCUT2D eigenvalue weighted by atomic mass is 10.2. The highest BCUT2D eigenvalue weighted by molar-refractivity contribution is 7.89. The summed E-state index contributed by atoms with van der Waals surface area (Å²) in [5, 5.41) is 0. The highest BCUT2D eigenvalue weighted by Crippen LogP contribution is 2.16. The molecule has 0 fully saturated rings. The smallest absolute Gasteiger partial charge is 0.240 e. The number of hydrogen-bond donors (Lipinski definition) is 2. The fourth-order valence-corrected chi connectivity index (χ4v) is 2.62. The number of hydrogen-bond acceptors (Lipinski definition) is 4. The SMILES string of the molecule is CC(C)COc1ccc(S(=O)(=O)N[C@H](C)CN)cc1. The minimum absolute atomic E-state index is 0.213. The number of nitrogens with two attached hydrogens (primary N) is 1. The normalized spacial score (nSPS) is 13.5. The third-order valence-corrected chi connectivity index (χ3v) is 4.03. The van der Waals surface area contributed by atoms with Crippen LogP contribution >= 0.6 is 0 Å². The summed E-state index contributed by atoms with van der Waals surface area (Å²) < 4.78 is 31.9. The van der Waals surface area contributed by atoms with E-state index in [1.165, 1.54) is 12.1 Å². The van der Waals surface area contributed by atoms with Crippen LogP contribution in [0, 0.1) is 5.92 Å². The van der Waals surface area contributed by atoms with Crippen molar-refractivity contribution in [1.82, 2.24) is 4.72 Å². The van der Waals surface area contributed by atoms with Crippen LogP contribution in [0.1, 0.15) is 20.8 Å². The molecule has 0 radical (unpaired) electrons. The van der Waals surface area contributed by atoms with Crippen molar-refractivity contribution in [2.75, 3.05) is 13.2 Å². The molecule has 0 bridgehead atoms. The molecule has 0 saturated carbocycles. The van der Waals surface area contributed by atoms with Crippen LogP contribution in [0.5, 0.6) is 5.75 Å². The second-order valence-electron chi connectivity index (χ2n) is 4.93. The molecular formula is C13H22N2O3S. The molecule has 0 saturated heterocycles. The Labute approximate surface area is 115 Å². The summed E-state index contributed by atoms with van der Waals surface area (Å²) in [6, 6.07) is 6.08. The van der Waals surface area contributed by atoms with Crippen LogP contribution < -0.4 is 15.2 Å². The zero-order valence-electron chi connectivity index (χ0n) is 11.6. The minimum Gasteiger partial charge on any atom is -0.493 e. The Morgan fingerprint density at radius 1 is 1.21 bits per heavy atom. The van der Waals surface area contributed by atoms with Crippen molar-refractivity contribution in [3.8, 4) is 5.75 Å². The maximum absolute atomic E-state index is 12.0. The number of nitrogens with one attached hydrogen (secondary N) is 1. The first-order valence-corrected chi connectivity index (χ1v) is 7.78. The van der Waals surface area contributed by atoms with Crippen molar-refractivity contribution in [2.24, 2.45) is 11.7 Å². The van der Waals surface area contributed by atoms with E-state index in [0.29, 0.717) is 18.3 Å². The molecule has 0 aliphatic heterocycles. The van der Waals surface area contributed by atoms with Gasteiger partial charge >= 0.3 is 0 Å². The molecule has 1 atom stereocenters. The second kappa shape index (κ2) is 6.88. The van der Waals surface area contributed by atoms with Crippen molar-refractivity contribution in [2.45, 2.75) is 31.7 Å². The molecule has 0 amide bonds. The van der Waals surface area contributed by atoms with E-state index in [0.717, 1.165) is 0 Å². The largest absolute Gasteiger partial charge is 0.493 e. The summed E-state index contributed by atoms with van der Waals surface area (Å²) in [5.41, 5.74) is 5.40. The molecule has 0 unspecified atom stereocenters. The van der Waals surface area contributed by atoms with Crippen LogP contribution in [-0.4, -0.2) is 27.6 Å². The van der Waals surface area contributed by atoms with Gasteiger partial charge in [0.15, 0.2) is 0 Å². The minimum atomic E-state index is -3.51. The Kier molecular flexibility index (Phi) is 5.78. The molecule has 1 aromatic rings. The van der Waals surface area contributed by atoms with Gasteiger partial charge in [0.1, 0.15) is 5.75 Å². The van der Waals surface area contributed by atoms with Gasteiger partial charge in [-0.25, -0.2) is 13.1 Å². The van der Waals surface area contributed by atoms with Crippen LogP contribution in [-0.2, 0) is 10.0 Å². The van der Waals surface area contributed by atoms with Gasteiger partial charge in [-0.05, 0) is 37.1 Å². The lowest BCUT2D eigenvalue weighted by molar-refractivity contribution is 0.271. The predicted molar refractivity (Wildman–Crippen MR) is 75.6 cm³/mol. The molecule has 19 heavy (non-hydrogen) atoms. The van der Waals surface area contributed by atoms with Gasteiger partial charge in [-0.15, -0.1) is 0 Å². The first kappa shape index (κ1) is 15.9. The van der Waals surface area contributed by atoms with E-state index < -0.39 is 10.0 Å². The Morgan fingerprint density at radius 3 is 2.26 bits per heavy atom. The molecule has 3 N–H and O–H groups in total. The lowest BCUT2D eigenvalue weighted by Gasteiger charge is -2.13. The Bertz CT molecular complexity index is 483. The predicted octanol–water partition coefficient (Wildman–Crippen LogP) is 1.35. The van der Waals surface area contributed by atoms with E-state index >= 15 is 0 Å².